The molecule has 0 heterocycles. The van der Waals surface area contributed by atoms with Crippen LogP contribution in [0.1, 0.15) is 39.4 Å². The van der Waals surface area contributed by atoms with E-state index in [2.05, 4.69) is 0 Å². The molecule has 1 amide bonds. The third-order valence-corrected chi connectivity index (χ3v) is 2.72. The number of rotatable bonds is 4. The molecule has 3 heteroatoms. The average molecular weight is 235 g/mol. The Morgan fingerprint density at radius 1 is 1.06 bits per heavy atom. The van der Waals surface area contributed by atoms with Gasteiger partial charge in [0.05, 0.1) is 0 Å². The van der Waals surface area contributed by atoms with Crippen LogP contribution in [0, 0.1) is 0 Å². The highest BCUT2D eigenvalue weighted by molar-refractivity contribution is 5.82. The quantitative estimate of drug-likeness (QED) is 0.870. The van der Waals surface area contributed by atoms with Crippen molar-refractivity contribution in [2.45, 2.75) is 45.9 Å². The average Bonchev–Trinajstić information content (AvgIpc) is 2.28. The first-order chi connectivity index (χ1) is 7.95. The third-order valence-electron chi connectivity index (χ3n) is 2.72. The van der Waals surface area contributed by atoms with Crippen molar-refractivity contribution in [1.29, 1.82) is 0 Å². The van der Waals surface area contributed by atoms with Crippen LogP contribution in [0.5, 0.6) is 0 Å². The molecular formula is C14H21NO2. The number of hydrogen-bond donors (Lipinski definition) is 1. The van der Waals surface area contributed by atoms with Gasteiger partial charge in [-0.05, 0) is 33.3 Å². The fourth-order valence-corrected chi connectivity index (χ4v) is 2.02. The Morgan fingerprint density at radius 2 is 1.53 bits per heavy atom. The molecule has 1 N–H and O–H groups in total. The van der Waals surface area contributed by atoms with Crippen molar-refractivity contribution in [2.75, 3.05) is 0 Å². The summed E-state index contributed by atoms with van der Waals surface area (Å²) in [4.78, 5) is 13.9. The van der Waals surface area contributed by atoms with Gasteiger partial charge >= 0.3 is 0 Å². The van der Waals surface area contributed by atoms with E-state index in [0.717, 1.165) is 0 Å². The zero-order chi connectivity index (χ0) is 13.0. The van der Waals surface area contributed by atoms with Crippen molar-refractivity contribution in [3.05, 3.63) is 35.9 Å². The number of amides is 1. The molecule has 1 atom stereocenters. The third kappa shape index (κ3) is 3.30. The number of carbonyl (C=O) groups is 1. The van der Waals surface area contributed by atoms with Crippen molar-refractivity contribution < 1.29 is 9.90 Å². The fourth-order valence-electron chi connectivity index (χ4n) is 2.02. The summed E-state index contributed by atoms with van der Waals surface area (Å²) in [5, 5.41) is 10.1. The predicted molar refractivity (Wildman–Crippen MR) is 68.5 cm³/mol. The number of aliphatic hydroxyl groups excluding tert-OH is 1. The largest absolute Gasteiger partial charge is 0.378 e. The first kappa shape index (κ1) is 13.7. The summed E-state index contributed by atoms with van der Waals surface area (Å²) in [6.07, 6.45) is -1.07. The highest BCUT2D eigenvalue weighted by Crippen LogP contribution is 2.18. The summed E-state index contributed by atoms with van der Waals surface area (Å²) in [5.41, 5.74) is 0.642. The van der Waals surface area contributed by atoms with Crippen LogP contribution in [-0.2, 0) is 4.79 Å². The van der Waals surface area contributed by atoms with Crippen LogP contribution in [0.25, 0.3) is 0 Å². The van der Waals surface area contributed by atoms with Crippen LogP contribution < -0.4 is 0 Å². The maximum atomic E-state index is 12.2. The highest BCUT2D eigenvalue weighted by Gasteiger charge is 2.27. The number of aliphatic hydroxyl groups is 1. The van der Waals surface area contributed by atoms with E-state index in [1.54, 1.807) is 17.0 Å². The number of benzene rings is 1. The van der Waals surface area contributed by atoms with Gasteiger partial charge in [0.1, 0.15) is 0 Å². The molecular weight excluding hydrogens is 214 g/mol. The minimum absolute atomic E-state index is 0.0841. The van der Waals surface area contributed by atoms with Gasteiger partial charge in [-0.15, -0.1) is 0 Å². The summed E-state index contributed by atoms with van der Waals surface area (Å²) in [6, 6.07) is 9.20. The van der Waals surface area contributed by atoms with Crippen LogP contribution in [0.3, 0.4) is 0 Å². The first-order valence-corrected chi connectivity index (χ1v) is 6.00. The Labute approximate surface area is 103 Å². The summed E-state index contributed by atoms with van der Waals surface area (Å²) < 4.78 is 0. The Bertz CT molecular complexity index is 352. The van der Waals surface area contributed by atoms with E-state index < -0.39 is 6.10 Å². The van der Waals surface area contributed by atoms with Gasteiger partial charge in [-0.3, -0.25) is 4.79 Å². The van der Waals surface area contributed by atoms with E-state index in [4.69, 9.17) is 0 Å². The number of carbonyl (C=O) groups excluding carboxylic acids is 1. The molecule has 1 aromatic carbocycles. The van der Waals surface area contributed by atoms with Crippen LogP contribution in [0.4, 0.5) is 0 Å². The van der Waals surface area contributed by atoms with Crippen molar-refractivity contribution in [3.8, 4) is 0 Å². The van der Waals surface area contributed by atoms with Crippen LogP contribution in [-0.4, -0.2) is 28.0 Å². The second-order valence-corrected chi connectivity index (χ2v) is 4.75. The SMILES string of the molecule is CC(C)N(C(=O)C(O)c1ccccc1)C(C)C. The highest BCUT2D eigenvalue weighted by atomic mass is 16.3. The molecule has 17 heavy (non-hydrogen) atoms. The van der Waals surface area contributed by atoms with Gasteiger partial charge in [-0.25, -0.2) is 0 Å². The molecule has 94 valence electrons. The smallest absolute Gasteiger partial charge is 0.256 e. The van der Waals surface area contributed by atoms with Crippen LogP contribution in [0.2, 0.25) is 0 Å². The van der Waals surface area contributed by atoms with Crippen molar-refractivity contribution in [2.24, 2.45) is 0 Å². The van der Waals surface area contributed by atoms with Gasteiger partial charge in [0, 0.05) is 12.1 Å². The van der Waals surface area contributed by atoms with Gasteiger partial charge in [0.15, 0.2) is 6.10 Å². The molecule has 0 aromatic heterocycles. The van der Waals surface area contributed by atoms with Crippen molar-refractivity contribution in [1.82, 2.24) is 4.90 Å². The molecule has 0 spiro atoms. The van der Waals surface area contributed by atoms with Crippen LogP contribution in [0.15, 0.2) is 30.3 Å². The molecule has 0 saturated carbocycles. The minimum Gasteiger partial charge on any atom is -0.378 e. The Hall–Kier alpha value is -1.35. The number of nitrogens with zero attached hydrogens (tertiary/aromatic N) is 1. The Kier molecular flexibility index (Phi) is 4.70. The second-order valence-electron chi connectivity index (χ2n) is 4.75. The van der Waals surface area contributed by atoms with Gasteiger partial charge in [-0.2, -0.15) is 0 Å². The van der Waals surface area contributed by atoms with Crippen LogP contribution >= 0.6 is 0 Å². The van der Waals surface area contributed by atoms with E-state index in [1.807, 2.05) is 45.9 Å². The summed E-state index contributed by atoms with van der Waals surface area (Å²) >= 11 is 0. The van der Waals surface area contributed by atoms with Gasteiger partial charge in [0.25, 0.3) is 5.91 Å². The summed E-state index contributed by atoms with van der Waals surface area (Å²) in [7, 11) is 0. The molecule has 3 nitrogen and oxygen atoms in total. The Morgan fingerprint density at radius 3 is 1.94 bits per heavy atom. The molecule has 0 saturated heterocycles. The predicted octanol–water partition coefficient (Wildman–Crippen LogP) is 2.37. The maximum Gasteiger partial charge on any atom is 0.256 e. The van der Waals surface area contributed by atoms with E-state index in [1.165, 1.54) is 0 Å². The topological polar surface area (TPSA) is 40.5 Å². The molecule has 0 bridgehead atoms. The lowest BCUT2D eigenvalue weighted by atomic mass is 10.1. The van der Waals surface area contributed by atoms with E-state index in [-0.39, 0.29) is 18.0 Å². The summed E-state index contributed by atoms with van der Waals surface area (Å²) in [6.45, 7) is 7.82. The van der Waals surface area contributed by atoms with E-state index in [9.17, 15) is 9.90 Å². The monoisotopic (exact) mass is 235 g/mol. The Balaban J connectivity index is 2.89. The second kappa shape index (κ2) is 5.82. The van der Waals surface area contributed by atoms with Gasteiger partial charge in [-0.1, -0.05) is 30.3 Å². The first-order valence-electron chi connectivity index (χ1n) is 6.00. The van der Waals surface area contributed by atoms with E-state index >= 15 is 0 Å². The standard InChI is InChI=1S/C14H21NO2/c1-10(2)15(11(3)4)14(17)13(16)12-8-6-5-7-9-12/h5-11,13,16H,1-4H3. The molecule has 0 aliphatic rings. The molecule has 0 aliphatic carbocycles. The lowest BCUT2D eigenvalue weighted by molar-refractivity contribution is -0.144. The van der Waals surface area contributed by atoms with Crippen molar-refractivity contribution in [3.63, 3.8) is 0 Å². The van der Waals surface area contributed by atoms with Gasteiger partial charge < -0.3 is 10.0 Å². The molecule has 0 fully saturated rings. The minimum atomic E-state index is -1.07. The van der Waals surface area contributed by atoms with E-state index in [0.29, 0.717) is 5.56 Å². The molecule has 1 rings (SSSR count). The number of hydrogen-bond acceptors (Lipinski definition) is 2. The normalized spacial score (nSPS) is 12.9. The van der Waals surface area contributed by atoms with Gasteiger partial charge in [0.2, 0.25) is 0 Å². The molecule has 1 unspecified atom stereocenters. The molecule has 1 aromatic rings. The maximum absolute atomic E-state index is 12.2. The fraction of sp³-hybridized carbons (Fsp3) is 0.500. The zero-order valence-electron chi connectivity index (χ0n) is 10.9. The lowest BCUT2D eigenvalue weighted by Crippen LogP contribution is -2.44. The van der Waals surface area contributed by atoms with Crippen molar-refractivity contribution >= 4 is 5.91 Å². The lowest BCUT2D eigenvalue weighted by Gasteiger charge is -2.32. The molecule has 0 radical (unpaired) electrons. The zero-order valence-corrected chi connectivity index (χ0v) is 10.9. The molecule has 0 aliphatic heterocycles. The summed E-state index contributed by atoms with van der Waals surface area (Å²) in [5.74, 6) is -0.235.